The summed E-state index contributed by atoms with van der Waals surface area (Å²) in [5.74, 6) is -0.413. The number of nitrogens with zero attached hydrogens (tertiary/aromatic N) is 3. The Kier molecular flexibility index (Phi) is 6.07. The van der Waals surface area contributed by atoms with Gasteiger partial charge in [0.25, 0.3) is 11.4 Å². The normalized spacial score (nSPS) is 10.7. The van der Waals surface area contributed by atoms with E-state index in [-0.39, 0.29) is 34.7 Å². The van der Waals surface area contributed by atoms with Gasteiger partial charge in [-0.1, -0.05) is 18.2 Å². The summed E-state index contributed by atoms with van der Waals surface area (Å²) in [5.41, 5.74) is -0.424. The van der Waals surface area contributed by atoms with Crippen LogP contribution in [0.2, 0.25) is 5.02 Å². The van der Waals surface area contributed by atoms with Crippen LogP contribution in [0.5, 0.6) is 17.4 Å². The van der Waals surface area contributed by atoms with Crippen LogP contribution in [0, 0.1) is 12.7 Å². The third-order valence-electron chi connectivity index (χ3n) is 4.21. The molecule has 0 fully saturated rings. The van der Waals surface area contributed by atoms with E-state index in [4.69, 9.17) is 21.1 Å². The summed E-state index contributed by atoms with van der Waals surface area (Å²) in [6, 6.07) is 6.62. The Morgan fingerprint density at radius 3 is 2.70 bits per heavy atom. The molecule has 0 aliphatic heterocycles. The van der Waals surface area contributed by atoms with Gasteiger partial charge in [-0.15, -0.1) is 0 Å². The van der Waals surface area contributed by atoms with Gasteiger partial charge in [-0.25, -0.2) is 18.7 Å². The number of aryl methyl sites for hydroxylation is 1. The van der Waals surface area contributed by atoms with Crippen LogP contribution < -0.4 is 20.7 Å². The molecule has 0 aliphatic rings. The minimum atomic E-state index is -0.847. The lowest BCUT2D eigenvalue weighted by Crippen LogP contribution is -2.38. The molecule has 0 bridgehead atoms. The molecule has 0 aliphatic carbocycles. The third kappa shape index (κ3) is 4.28. The number of rotatable bonds is 6. The minimum absolute atomic E-state index is 0.0239. The van der Waals surface area contributed by atoms with Gasteiger partial charge in [0.15, 0.2) is 5.75 Å². The van der Waals surface area contributed by atoms with E-state index in [1.807, 2.05) is 0 Å². The van der Waals surface area contributed by atoms with Crippen LogP contribution in [0.3, 0.4) is 0 Å². The smallest absolute Gasteiger partial charge is 0.335 e. The largest absolute Gasteiger partial charge is 0.471 e. The number of halogens is 2. The molecule has 2 heterocycles. The van der Waals surface area contributed by atoms with E-state index >= 15 is 0 Å². The van der Waals surface area contributed by atoms with Gasteiger partial charge in [0, 0.05) is 31.1 Å². The summed E-state index contributed by atoms with van der Waals surface area (Å²) < 4.78 is 27.9. The number of ether oxygens (including phenoxy) is 2. The average molecular weight is 432 g/mol. The van der Waals surface area contributed by atoms with E-state index < -0.39 is 17.1 Å². The SMILES string of the molecule is C=C(C)COc1ncccc1Oc1cc(-n2c(=O)cc(C)n(C)c2=O)c(F)cc1Cl. The Balaban J connectivity index is 2.09. The van der Waals surface area contributed by atoms with Crippen LogP contribution in [-0.2, 0) is 7.05 Å². The molecule has 9 heteroatoms. The molecule has 3 rings (SSSR count). The molecule has 156 valence electrons. The van der Waals surface area contributed by atoms with Crippen LogP contribution in [-0.4, -0.2) is 20.7 Å². The van der Waals surface area contributed by atoms with E-state index in [0.29, 0.717) is 10.3 Å². The number of aromatic nitrogens is 3. The highest BCUT2D eigenvalue weighted by Crippen LogP contribution is 2.35. The van der Waals surface area contributed by atoms with Gasteiger partial charge >= 0.3 is 5.69 Å². The maximum atomic E-state index is 14.6. The monoisotopic (exact) mass is 431 g/mol. The molecule has 0 N–H and O–H groups in total. The second kappa shape index (κ2) is 8.54. The van der Waals surface area contributed by atoms with Crippen LogP contribution >= 0.6 is 11.6 Å². The summed E-state index contributed by atoms with van der Waals surface area (Å²) in [7, 11) is 1.49. The maximum Gasteiger partial charge on any atom is 0.335 e. The Morgan fingerprint density at radius 1 is 1.27 bits per heavy atom. The number of pyridine rings is 1. The van der Waals surface area contributed by atoms with Gasteiger partial charge < -0.3 is 14.0 Å². The maximum absolute atomic E-state index is 14.6. The van der Waals surface area contributed by atoms with Crippen LogP contribution in [0.15, 0.2) is 58.3 Å². The minimum Gasteiger partial charge on any atom is -0.471 e. The van der Waals surface area contributed by atoms with E-state index in [1.54, 1.807) is 26.0 Å². The predicted octanol–water partition coefficient (Wildman–Crippen LogP) is 3.78. The molecule has 3 aromatic rings. The van der Waals surface area contributed by atoms with E-state index in [0.717, 1.165) is 11.6 Å². The zero-order valence-corrected chi connectivity index (χ0v) is 17.4. The molecule has 0 radical (unpaired) electrons. The molecule has 30 heavy (non-hydrogen) atoms. The van der Waals surface area contributed by atoms with Crippen molar-refractivity contribution in [2.45, 2.75) is 13.8 Å². The molecule has 2 aromatic heterocycles. The average Bonchev–Trinajstić information content (AvgIpc) is 2.68. The van der Waals surface area contributed by atoms with Crippen LogP contribution in [0.1, 0.15) is 12.6 Å². The van der Waals surface area contributed by atoms with Crippen molar-refractivity contribution < 1.29 is 13.9 Å². The fraction of sp³-hybridized carbons (Fsp3) is 0.190. The molecule has 0 amide bonds. The zero-order chi connectivity index (χ0) is 22.0. The quantitative estimate of drug-likeness (QED) is 0.555. The summed E-state index contributed by atoms with van der Waals surface area (Å²) in [4.78, 5) is 29.1. The first-order valence-corrected chi connectivity index (χ1v) is 9.26. The lowest BCUT2D eigenvalue weighted by atomic mass is 10.2. The first-order chi connectivity index (χ1) is 14.2. The molecule has 7 nitrogen and oxygen atoms in total. The lowest BCUT2D eigenvalue weighted by molar-refractivity contribution is 0.318. The van der Waals surface area contributed by atoms with Crippen molar-refractivity contribution >= 4 is 11.6 Å². The van der Waals surface area contributed by atoms with Crippen molar-refractivity contribution in [1.82, 2.24) is 14.1 Å². The second-order valence-corrected chi connectivity index (χ2v) is 7.10. The topological polar surface area (TPSA) is 75.3 Å². The van der Waals surface area contributed by atoms with Crippen LogP contribution in [0.4, 0.5) is 4.39 Å². The lowest BCUT2D eigenvalue weighted by Gasteiger charge is -2.15. The number of hydrogen-bond acceptors (Lipinski definition) is 5. The molecular weight excluding hydrogens is 413 g/mol. The molecule has 0 spiro atoms. The van der Waals surface area contributed by atoms with Gasteiger partial charge in [-0.2, -0.15) is 0 Å². The number of benzene rings is 1. The first-order valence-electron chi connectivity index (χ1n) is 8.88. The highest BCUT2D eigenvalue weighted by molar-refractivity contribution is 6.32. The standard InChI is InChI=1S/C21H19ClFN3O4/c1-12(2)11-29-20-17(6-5-7-24-20)30-18-10-16(15(23)9-14(18)22)26-19(27)8-13(3)25(4)21(26)28/h5-10H,1,11H2,2-4H3. The van der Waals surface area contributed by atoms with Gasteiger partial charge in [0.2, 0.25) is 0 Å². The highest BCUT2D eigenvalue weighted by Gasteiger charge is 2.18. The van der Waals surface area contributed by atoms with Crippen molar-refractivity contribution in [3.63, 3.8) is 0 Å². The Labute approximate surface area is 176 Å². The van der Waals surface area contributed by atoms with E-state index in [2.05, 4.69) is 11.6 Å². The molecule has 0 saturated carbocycles. The summed E-state index contributed by atoms with van der Waals surface area (Å²) in [5, 5.41) is -0.0528. The van der Waals surface area contributed by atoms with E-state index in [1.165, 1.54) is 29.9 Å². The predicted molar refractivity (Wildman–Crippen MR) is 112 cm³/mol. The number of hydrogen-bond donors (Lipinski definition) is 0. The highest BCUT2D eigenvalue weighted by atomic mass is 35.5. The molecule has 0 unspecified atom stereocenters. The van der Waals surface area contributed by atoms with Crippen molar-refractivity contribution in [2.75, 3.05) is 6.61 Å². The molecule has 0 saturated heterocycles. The van der Waals surface area contributed by atoms with Crippen molar-refractivity contribution in [3.8, 4) is 23.1 Å². The van der Waals surface area contributed by atoms with Gasteiger partial charge in [-0.3, -0.25) is 4.79 Å². The fourth-order valence-electron chi connectivity index (χ4n) is 2.60. The Morgan fingerprint density at radius 2 is 2.00 bits per heavy atom. The van der Waals surface area contributed by atoms with E-state index in [9.17, 15) is 14.0 Å². The van der Waals surface area contributed by atoms with Gasteiger partial charge in [0.05, 0.1) is 10.7 Å². The Hall–Kier alpha value is -3.39. The summed E-state index contributed by atoms with van der Waals surface area (Å²) in [6.07, 6.45) is 1.52. The Bertz CT molecular complexity index is 1250. The van der Waals surface area contributed by atoms with Crippen molar-refractivity contribution in [2.24, 2.45) is 7.05 Å². The first kappa shape index (κ1) is 21.3. The van der Waals surface area contributed by atoms with Gasteiger partial charge in [0.1, 0.15) is 18.2 Å². The molecular formula is C21H19ClFN3O4. The van der Waals surface area contributed by atoms with Gasteiger partial charge in [-0.05, 0) is 37.6 Å². The fourth-order valence-corrected chi connectivity index (χ4v) is 2.79. The second-order valence-electron chi connectivity index (χ2n) is 6.69. The van der Waals surface area contributed by atoms with Crippen LogP contribution in [0.25, 0.3) is 5.69 Å². The molecule has 1 aromatic carbocycles. The van der Waals surface area contributed by atoms with Crippen molar-refractivity contribution in [3.05, 3.63) is 86.1 Å². The summed E-state index contributed by atoms with van der Waals surface area (Å²) in [6.45, 7) is 7.39. The third-order valence-corrected chi connectivity index (χ3v) is 4.51. The molecule has 0 atom stereocenters. The summed E-state index contributed by atoms with van der Waals surface area (Å²) >= 11 is 6.14. The zero-order valence-electron chi connectivity index (χ0n) is 16.6. The van der Waals surface area contributed by atoms with Crippen molar-refractivity contribution in [1.29, 1.82) is 0 Å².